The van der Waals surface area contributed by atoms with E-state index < -0.39 is 0 Å². The fourth-order valence-corrected chi connectivity index (χ4v) is 4.01. The molecule has 26 heavy (non-hydrogen) atoms. The zero-order valence-corrected chi connectivity index (χ0v) is 16.8. The van der Waals surface area contributed by atoms with E-state index >= 15 is 0 Å². The highest BCUT2D eigenvalue weighted by Crippen LogP contribution is 2.27. The lowest BCUT2D eigenvalue weighted by Crippen LogP contribution is -2.48. The van der Waals surface area contributed by atoms with Gasteiger partial charge in [-0.1, -0.05) is 29.8 Å². The van der Waals surface area contributed by atoms with Crippen LogP contribution in [0.4, 0.5) is 0 Å². The molecule has 0 radical (unpaired) electrons. The van der Waals surface area contributed by atoms with Gasteiger partial charge in [0.1, 0.15) is 5.69 Å². The Morgan fingerprint density at radius 1 is 1.19 bits per heavy atom. The summed E-state index contributed by atoms with van der Waals surface area (Å²) in [4.78, 5) is 17.1. The number of rotatable bonds is 3. The first-order valence-electron chi connectivity index (χ1n) is 8.53. The van der Waals surface area contributed by atoms with Gasteiger partial charge in [0, 0.05) is 56.9 Å². The highest BCUT2D eigenvalue weighted by molar-refractivity contribution is 9.10. The number of aryl methyl sites for hydroxylation is 1. The van der Waals surface area contributed by atoms with Crippen molar-refractivity contribution in [1.82, 2.24) is 14.4 Å². The Hall–Kier alpha value is -1.76. The molecule has 1 saturated heterocycles. The number of hydrogen-bond acceptors (Lipinski definition) is 3. The van der Waals surface area contributed by atoms with Crippen molar-refractivity contribution in [2.45, 2.75) is 6.54 Å². The first-order chi connectivity index (χ1) is 12.5. The van der Waals surface area contributed by atoms with Gasteiger partial charge in [0.2, 0.25) is 0 Å². The Morgan fingerprint density at radius 3 is 2.62 bits per heavy atom. The normalized spacial score (nSPS) is 15.7. The second-order valence-electron chi connectivity index (χ2n) is 6.55. The third-order valence-electron chi connectivity index (χ3n) is 4.93. The fourth-order valence-electron chi connectivity index (χ4n) is 3.43. The summed E-state index contributed by atoms with van der Waals surface area (Å²) in [7, 11) is 1.89. The number of carbonyl (C=O) groups is 1. The van der Waals surface area contributed by atoms with Crippen molar-refractivity contribution < 1.29 is 9.21 Å². The van der Waals surface area contributed by atoms with Gasteiger partial charge < -0.3 is 13.9 Å². The van der Waals surface area contributed by atoms with Gasteiger partial charge in [-0.3, -0.25) is 9.69 Å². The monoisotopic (exact) mass is 435 g/mol. The fraction of sp³-hybridized carbons (Fsp3) is 0.316. The van der Waals surface area contributed by atoms with E-state index in [4.69, 9.17) is 16.0 Å². The van der Waals surface area contributed by atoms with E-state index in [2.05, 4.69) is 26.9 Å². The molecule has 0 aliphatic carbocycles. The minimum Gasteiger partial charge on any atom is -0.448 e. The molecular formula is C19H19BrClN3O2. The molecule has 4 rings (SSSR count). The van der Waals surface area contributed by atoms with Crippen molar-refractivity contribution in [2.75, 3.05) is 26.2 Å². The molecule has 136 valence electrons. The SMILES string of the molecule is Cn1c(C(=O)N2CCN(Cc3ccccc3Cl)CC2)cc2oc(Br)cc21. The van der Waals surface area contributed by atoms with Crippen molar-refractivity contribution in [3.8, 4) is 0 Å². The third kappa shape index (κ3) is 3.29. The number of fused-ring (bicyclic) bond motifs is 1. The Labute approximate surface area is 165 Å². The van der Waals surface area contributed by atoms with Crippen molar-refractivity contribution in [3.05, 3.63) is 57.3 Å². The van der Waals surface area contributed by atoms with Crippen LogP contribution in [0.15, 0.2) is 45.5 Å². The minimum atomic E-state index is 0.0485. The standard InChI is InChI=1S/C19H19BrClN3O2/c1-22-15-11-18(20)26-17(15)10-16(22)19(25)24-8-6-23(7-9-24)12-13-4-2-3-5-14(13)21/h2-5,10-11H,6-9,12H2,1H3. The zero-order chi connectivity index (χ0) is 18.3. The van der Waals surface area contributed by atoms with Crippen LogP contribution in [0.25, 0.3) is 11.1 Å². The van der Waals surface area contributed by atoms with E-state index in [0.29, 0.717) is 23.5 Å². The Bertz CT molecular complexity index is 957. The molecule has 0 N–H and O–H groups in total. The first kappa shape index (κ1) is 17.6. The highest BCUT2D eigenvalue weighted by Gasteiger charge is 2.25. The lowest BCUT2D eigenvalue weighted by Gasteiger charge is -2.34. The summed E-state index contributed by atoms with van der Waals surface area (Å²) in [6, 6.07) is 11.6. The number of hydrogen-bond donors (Lipinski definition) is 0. The van der Waals surface area contributed by atoms with Gasteiger partial charge in [0.15, 0.2) is 10.3 Å². The number of benzene rings is 1. The van der Waals surface area contributed by atoms with E-state index in [-0.39, 0.29) is 5.91 Å². The van der Waals surface area contributed by atoms with Crippen LogP contribution in [0, 0.1) is 0 Å². The van der Waals surface area contributed by atoms with Gasteiger partial charge in [-0.25, -0.2) is 0 Å². The summed E-state index contributed by atoms with van der Waals surface area (Å²) < 4.78 is 8.13. The molecule has 0 atom stereocenters. The molecule has 3 heterocycles. The van der Waals surface area contributed by atoms with Crippen LogP contribution in [-0.2, 0) is 13.6 Å². The molecule has 1 aliphatic rings. The van der Waals surface area contributed by atoms with Gasteiger partial charge in [-0.05, 0) is 27.6 Å². The average Bonchev–Trinajstić information content (AvgIpc) is 3.14. The predicted molar refractivity (Wildman–Crippen MR) is 106 cm³/mol. The number of carbonyl (C=O) groups excluding carboxylic acids is 1. The van der Waals surface area contributed by atoms with Gasteiger partial charge in [0.25, 0.3) is 5.91 Å². The summed E-state index contributed by atoms with van der Waals surface area (Å²) in [5.41, 5.74) is 3.42. The Morgan fingerprint density at radius 2 is 1.92 bits per heavy atom. The van der Waals surface area contributed by atoms with Crippen LogP contribution >= 0.6 is 27.5 Å². The van der Waals surface area contributed by atoms with Gasteiger partial charge in [-0.15, -0.1) is 0 Å². The van der Waals surface area contributed by atoms with E-state index in [9.17, 15) is 4.79 Å². The van der Waals surface area contributed by atoms with E-state index in [1.54, 1.807) is 0 Å². The molecule has 1 aromatic carbocycles. The predicted octanol–water partition coefficient (Wildman–Crippen LogP) is 4.15. The maximum Gasteiger partial charge on any atom is 0.270 e. The highest BCUT2D eigenvalue weighted by atomic mass is 79.9. The average molecular weight is 437 g/mol. The molecule has 5 nitrogen and oxygen atoms in total. The van der Waals surface area contributed by atoms with Crippen molar-refractivity contribution in [2.24, 2.45) is 7.05 Å². The second-order valence-corrected chi connectivity index (χ2v) is 7.74. The second kappa shape index (κ2) is 7.10. The Kier molecular flexibility index (Phi) is 4.82. The number of piperazine rings is 1. The topological polar surface area (TPSA) is 41.6 Å². The number of amides is 1. The molecular weight excluding hydrogens is 418 g/mol. The quantitative estimate of drug-likeness (QED) is 0.619. The molecule has 2 aromatic heterocycles. The number of aromatic nitrogens is 1. The number of furan rings is 1. The molecule has 1 fully saturated rings. The lowest BCUT2D eigenvalue weighted by molar-refractivity contribution is 0.0619. The van der Waals surface area contributed by atoms with Crippen LogP contribution in [0.3, 0.4) is 0 Å². The summed E-state index contributed by atoms with van der Waals surface area (Å²) in [5.74, 6) is 0.0485. The molecule has 1 amide bonds. The molecule has 7 heteroatoms. The van der Waals surface area contributed by atoms with Crippen molar-refractivity contribution in [1.29, 1.82) is 0 Å². The number of nitrogens with zero attached hydrogens (tertiary/aromatic N) is 3. The maximum atomic E-state index is 12.9. The first-order valence-corrected chi connectivity index (χ1v) is 9.70. The van der Waals surface area contributed by atoms with Gasteiger partial charge >= 0.3 is 0 Å². The summed E-state index contributed by atoms with van der Waals surface area (Å²) >= 11 is 9.58. The zero-order valence-electron chi connectivity index (χ0n) is 14.4. The van der Waals surface area contributed by atoms with Crippen molar-refractivity contribution in [3.63, 3.8) is 0 Å². The number of halogens is 2. The minimum absolute atomic E-state index is 0.0485. The molecule has 3 aromatic rings. The molecule has 1 aliphatic heterocycles. The summed E-state index contributed by atoms with van der Waals surface area (Å²) in [6.07, 6.45) is 0. The molecule has 0 bridgehead atoms. The summed E-state index contributed by atoms with van der Waals surface area (Å²) in [6.45, 7) is 3.90. The van der Waals surface area contributed by atoms with Gasteiger partial charge in [0.05, 0.1) is 5.52 Å². The molecule has 0 spiro atoms. The van der Waals surface area contributed by atoms with E-state index in [1.165, 1.54) is 0 Å². The van der Waals surface area contributed by atoms with Crippen LogP contribution < -0.4 is 0 Å². The van der Waals surface area contributed by atoms with Crippen LogP contribution in [0.2, 0.25) is 5.02 Å². The summed E-state index contributed by atoms with van der Waals surface area (Å²) in [5, 5.41) is 0.795. The maximum absolute atomic E-state index is 12.9. The molecule has 0 unspecified atom stereocenters. The molecule has 0 saturated carbocycles. The van der Waals surface area contributed by atoms with E-state index in [1.807, 2.05) is 46.8 Å². The third-order valence-corrected chi connectivity index (χ3v) is 5.69. The largest absolute Gasteiger partial charge is 0.448 e. The van der Waals surface area contributed by atoms with E-state index in [0.717, 1.165) is 41.3 Å². The van der Waals surface area contributed by atoms with Crippen LogP contribution in [0.5, 0.6) is 0 Å². The smallest absolute Gasteiger partial charge is 0.270 e. The van der Waals surface area contributed by atoms with Crippen LogP contribution in [0.1, 0.15) is 16.1 Å². The van der Waals surface area contributed by atoms with Gasteiger partial charge in [-0.2, -0.15) is 0 Å². The van der Waals surface area contributed by atoms with Crippen LogP contribution in [-0.4, -0.2) is 46.5 Å². The lowest BCUT2D eigenvalue weighted by atomic mass is 10.2. The van der Waals surface area contributed by atoms with Crippen molar-refractivity contribution >= 4 is 44.5 Å². The Balaban J connectivity index is 1.42.